The van der Waals surface area contributed by atoms with Gasteiger partial charge in [-0.2, -0.15) is 0 Å². The van der Waals surface area contributed by atoms with Crippen LogP contribution in [0.5, 0.6) is 0 Å². The van der Waals surface area contributed by atoms with Crippen molar-refractivity contribution in [2.45, 2.75) is 26.3 Å². The van der Waals surface area contributed by atoms with Gasteiger partial charge in [0.2, 0.25) is 0 Å². The SMILES string of the molecule is Cc1csc(C(=O)N2c3ccccc3CC2C)n1. The van der Waals surface area contributed by atoms with E-state index in [2.05, 4.69) is 18.0 Å². The Kier molecular flexibility index (Phi) is 2.67. The Bertz CT molecular complexity index is 605. The van der Waals surface area contributed by atoms with Crippen LogP contribution in [-0.4, -0.2) is 16.9 Å². The number of carbonyl (C=O) groups is 1. The number of rotatable bonds is 1. The molecule has 1 aromatic carbocycles. The van der Waals surface area contributed by atoms with Crippen LogP contribution in [0.4, 0.5) is 5.69 Å². The summed E-state index contributed by atoms with van der Waals surface area (Å²) in [6.45, 7) is 3.99. The third kappa shape index (κ3) is 1.73. The molecule has 0 bridgehead atoms. The van der Waals surface area contributed by atoms with Gasteiger partial charge in [-0.25, -0.2) is 4.98 Å². The normalized spacial score (nSPS) is 17.9. The molecule has 3 nitrogen and oxygen atoms in total. The first-order valence-corrected chi connectivity index (χ1v) is 6.88. The van der Waals surface area contributed by atoms with Crippen molar-refractivity contribution in [1.82, 2.24) is 4.98 Å². The highest BCUT2D eigenvalue weighted by Crippen LogP contribution is 2.33. The average molecular weight is 258 g/mol. The molecule has 2 aromatic rings. The van der Waals surface area contributed by atoms with E-state index in [9.17, 15) is 4.79 Å². The average Bonchev–Trinajstić information content (AvgIpc) is 2.91. The molecule has 1 aliphatic rings. The molecule has 0 saturated carbocycles. The van der Waals surface area contributed by atoms with Gasteiger partial charge >= 0.3 is 0 Å². The Morgan fingerprint density at radius 1 is 1.44 bits per heavy atom. The zero-order valence-electron chi connectivity index (χ0n) is 10.4. The van der Waals surface area contributed by atoms with Crippen LogP contribution < -0.4 is 4.90 Å². The van der Waals surface area contributed by atoms with Crippen molar-refractivity contribution < 1.29 is 4.79 Å². The van der Waals surface area contributed by atoms with E-state index in [1.807, 2.05) is 35.4 Å². The quantitative estimate of drug-likeness (QED) is 0.787. The van der Waals surface area contributed by atoms with Crippen LogP contribution in [0, 0.1) is 6.92 Å². The number of benzene rings is 1. The molecule has 1 aromatic heterocycles. The number of carbonyl (C=O) groups excluding carboxylic acids is 1. The number of aryl methyl sites for hydroxylation is 1. The molecular weight excluding hydrogens is 244 g/mol. The largest absolute Gasteiger partial charge is 0.303 e. The molecule has 0 spiro atoms. The minimum atomic E-state index is 0.0190. The first-order chi connectivity index (χ1) is 8.66. The summed E-state index contributed by atoms with van der Waals surface area (Å²) >= 11 is 1.42. The van der Waals surface area contributed by atoms with Crippen molar-refractivity contribution in [3.63, 3.8) is 0 Å². The Hall–Kier alpha value is -1.68. The maximum absolute atomic E-state index is 12.5. The summed E-state index contributed by atoms with van der Waals surface area (Å²) in [6, 6.07) is 8.31. The fraction of sp³-hybridized carbons (Fsp3) is 0.286. The van der Waals surface area contributed by atoms with E-state index in [1.165, 1.54) is 16.9 Å². The van der Waals surface area contributed by atoms with Crippen LogP contribution in [0.25, 0.3) is 0 Å². The van der Waals surface area contributed by atoms with Crippen LogP contribution in [0.15, 0.2) is 29.6 Å². The number of amides is 1. The summed E-state index contributed by atoms with van der Waals surface area (Å²) < 4.78 is 0. The topological polar surface area (TPSA) is 33.2 Å². The van der Waals surface area contributed by atoms with Gasteiger partial charge < -0.3 is 4.90 Å². The lowest BCUT2D eigenvalue weighted by atomic mass is 10.1. The van der Waals surface area contributed by atoms with E-state index < -0.39 is 0 Å². The van der Waals surface area contributed by atoms with Crippen molar-refractivity contribution in [3.05, 3.63) is 45.9 Å². The summed E-state index contributed by atoms with van der Waals surface area (Å²) in [5, 5.41) is 2.50. The van der Waals surface area contributed by atoms with Crippen LogP contribution in [0.3, 0.4) is 0 Å². The molecule has 0 N–H and O–H groups in total. The highest BCUT2D eigenvalue weighted by Gasteiger charge is 2.32. The Morgan fingerprint density at radius 2 is 2.22 bits per heavy atom. The molecule has 0 aliphatic carbocycles. The van der Waals surface area contributed by atoms with Crippen LogP contribution in [0.2, 0.25) is 0 Å². The Balaban J connectivity index is 2.00. The molecule has 92 valence electrons. The number of nitrogens with zero attached hydrogens (tertiary/aromatic N) is 2. The molecule has 2 heterocycles. The summed E-state index contributed by atoms with van der Waals surface area (Å²) in [5.41, 5.74) is 3.18. The number of hydrogen-bond donors (Lipinski definition) is 0. The van der Waals surface area contributed by atoms with Gasteiger partial charge in [-0.05, 0) is 31.9 Å². The molecular formula is C14H14N2OS. The summed E-state index contributed by atoms with van der Waals surface area (Å²) in [7, 11) is 0. The van der Waals surface area contributed by atoms with E-state index in [4.69, 9.17) is 0 Å². The molecule has 1 amide bonds. The highest BCUT2D eigenvalue weighted by atomic mass is 32.1. The lowest BCUT2D eigenvalue weighted by Gasteiger charge is -2.21. The lowest BCUT2D eigenvalue weighted by Crippen LogP contribution is -2.35. The molecule has 3 rings (SSSR count). The second kappa shape index (κ2) is 4.21. The van der Waals surface area contributed by atoms with Gasteiger partial charge in [0.05, 0.1) is 0 Å². The standard InChI is InChI=1S/C14H14N2OS/c1-9-8-18-13(15-9)14(17)16-10(2)7-11-5-3-4-6-12(11)16/h3-6,8,10H,7H2,1-2H3. The number of hydrogen-bond acceptors (Lipinski definition) is 3. The van der Waals surface area contributed by atoms with E-state index >= 15 is 0 Å². The zero-order valence-corrected chi connectivity index (χ0v) is 11.2. The number of thiazole rings is 1. The summed E-state index contributed by atoms with van der Waals surface area (Å²) in [4.78, 5) is 18.7. The minimum absolute atomic E-state index is 0.0190. The van der Waals surface area contributed by atoms with Crippen molar-refractivity contribution >= 4 is 22.9 Å². The molecule has 1 atom stereocenters. The Labute approximate surface area is 110 Å². The number of fused-ring (bicyclic) bond motifs is 1. The van der Waals surface area contributed by atoms with Crippen LogP contribution >= 0.6 is 11.3 Å². The van der Waals surface area contributed by atoms with Gasteiger partial charge in [0.15, 0.2) is 5.01 Å². The van der Waals surface area contributed by atoms with Gasteiger partial charge in [0.25, 0.3) is 5.91 Å². The predicted octanol–water partition coefficient (Wildman–Crippen LogP) is 3.04. The van der Waals surface area contributed by atoms with Gasteiger partial charge in [0, 0.05) is 22.8 Å². The van der Waals surface area contributed by atoms with E-state index in [1.54, 1.807) is 0 Å². The van der Waals surface area contributed by atoms with Gasteiger partial charge in [-0.15, -0.1) is 11.3 Å². The summed E-state index contributed by atoms with van der Waals surface area (Å²) in [6.07, 6.45) is 0.923. The zero-order chi connectivity index (χ0) is 12.7. The van der Waals surface area contributed by atoms with Crippen molar-refractivity contribution in [2.24, 2.45) is 0 Å². The molecule has 1 unspecified atom stereocenters. The van der Waals surface area contributed by atoms with E-state index in [-0.39, 0.29) is 11.9 Å². The van der Waals surface area contributed by atoms with Gasteiger partial charge in [-0.1, -0.05) is 18.2 Å². The summed E-state index contributed by atoms with van der Waals surface area (Å²) in [5.74, 6) is 0.0190. The first-order valence-electron chi connectivity index (χ1n) is 6.00. The molecule has 18 heavy (non-hydrogen) atoms. The Morgan fingerprint density at radius 3 is 2.94 bits per heavy atom. The van der Waals surface area contributed by atoms with Crippen molar-refractivity contribution in [1.29, 1.82) is 0 Å². The second-order valence-electron chi connectivity index (χ2n) is 4.65. The lowest BCUT2D eigenvalue weighted by molar-refractivity contribution is 0.0981. The van der Waals surface area contributed by atoms with Gasteiger partial charge in [-0.3, -0.25) is 4.79 Å². The van der Waals surface area contributed by atoms with Crippen LogP contribution in [0.1, 0.15) is 28.0 Å². The van der Waals surface area contributed by atoms with Crippen molar-refractivity contribution in [3.8, 4) is 0 Å². The molecule has 1 aliphatic heterocycles. The molecule has 0 radical (unpaired) electrons. The van der Waals surface area contributed by atoms with Crippen LogP contribution in [-0.2, 0) is 6.42 Å². The van der Waals surface area contributed by atoms with Crippen molar-refractivity contribution in [2.75, 3.05) is 4.90 Å². The van der Waals surface area contributed by atoms with Gasteiger partial charge in [0.1, 0.15) is 0 Å². The highest BCUT2D eigenvalue weighted by molar-refractivity contribution is 7.11. The molecule has 4 heteroatoms. The molecule has 0 fully saturated rings. The molecule has 0 saturated heterocycles. The fourth-order valence-corrected chi connectivity index (χ4v) is 3.16. The minimum Gasteiger partial charge on any atom is -0.303 e. The number of aromatic nitrogens is 1. The maximum Gasteiger partial charge on any atom is 0.287 e. The predicted molar refractivity (Wildman–Crippen MR) is 73.3 cm³/mol. The first kappa shape index (κ1) is 11.4. The smallest absolute Gasteiger partial charge is 0.287 e. The van der Waals surface area contributed by atoms with E-state index in [0.717, 1.165) is 17.8 Å². The number of anilines is 1. The number of para-hydroxylation sites is 1. The monoisotopic (exact) mass is 258 g/mol. The second-order valence-corrected chi connectivity index (χ2v) is 5.51. The maximum atomic E-state index is 12.5. The third-order valence-corrected chi connectivity index (χ3v) is 4.18. The fourth-order valence-electron chi connectivity index (χ4n) is 2.43. The third-order valence-electron chi connectivity index (χ3n) is 3.23. The van der Waals surface area contributed by atoms with E-state index in [0.29, 0.717) is 5.01 Å².